The van der Waals surface area contributed by atoms with Gasteiger partial charge in [0.25, 0.3) is 5.91 Å². The van der Waals surface area contributed by atoms with Gasteiger partial charge in [0, 0.05) is 11.0 Å². The second kappa shape index (κ2) is 4.97. The topological polar surface area (TPSA) is 40.5 Å². The first-order chi connectivity index (χ1) is 7.74. The van der Waals surface area contributed by atoms with Crippen LogP contribution in [0.1, 0.15) is 23.2 Å². The largest absolute Gasteiger partial charge is 0.394 e. The van der Waals surface area contributed by atoms with Crippen LogP contribution in [0.15, 0.2) is 28.7 Å². The fourth-order valence-electron chi connectivity index (χ4n) is 2.08. The van der Waals surface area contributed by atoms with E-state index >= 15 is 0 Å². The number of halogens is 1. The average Bonchev–Trinajstić information content (AvgIpc) is 2.77. The number of aliphatic hydroxyl groups excluding tert-OH is 1. The first kappa shape index (κ1) is 11.6. The Kier molecular flexibility index (Phi) is 3.61. The van der Waals surface area contributed by atoms with Crippen LogP contribution < -0.4 is 0 Å². The highest BCUT2D eigenvalue weighted by molar-refractivity contribution is 9.10. The predicted octanol–water partition coefficient (Wildman–Crippen LogP) is 2.05. The van der Waals surface area contributed by atoms with Gasteiger partial charge in [-0.1, -0.05) is 12.1 Å². The van der Waals surface area contributed by atoms with Crippen LogP contribution in [0.4, 0.5) is 0 Å². The molecule has 0 aliphatic carbocycles. The Hall–Kier alpha value is -0.870. The van der Waals surface area contributed by atoms with Crippen molar-refractivity contribution in [2.45, 2.75) is 18.9 Å². The smallest absolute Gasteiger partial charge is 0.255 e. The lowest BCUT2D eigenvalue weighted by molar-refractivity contribution is 0.0676. The van der Waals surface area contributed by atoms with Crippen LogP contribution in [0.2, 0.25) is 0 Å². The zero-order valence-electron chi connectivity index (χ0n) is 8.90. The summed E-state index contributed by atoms with van der Waals surface area (Å²) in [7, 11) is 0. The van der Waals surface area contributed by atoms with Crippen molar-refractivity contribution in [1.29, 1.82) is 0 Å². The van der Waals surface area contributed by atoms with E-state index in [1.165, 1.54) is 0 Å². The molecule has 86 valence electrons. The third-order valence-electron chi connectivity index (χ3n) is 2.95. The second-order valence-electron chi connectivity index (χ2n) is 3.96. The molecule has 4 heteroatoms. The molecule has 3 nitrogen and oxygen atoms in total. The fourth-order valence-corrected chi connectivity index (χ4v) is 2.54. The van der Waals surface area contributed by atoms with E-state index in [1.54, 1.807) is 11.0 Å². The van der Waals surface area contributed by atoms with E-state index in [9.17, 15) is 9.90 Å². The van der Waals surface area contributed by atoms with Crippen molar-refractivity contribution < 1.29 is 9.90 Å². The van der Waals surface area contributed by atoms with Gasteiger partial charge in [0.05, 0.1) is 18.2 Å². The molecule has 1 fully saturated rings. The van der Waals surface area contributed by atoms with E-state index in [0.29, 0.717) is 5.56 Å². The maximum Gasteiger partial charge on any atom is 0.255 e. The van der Waals surface area contributed by atoms with Crippen molar-refractivity contribution in [3.05, 3.63) is 34.3 Å². The molecule has 1 aliphatic heterocycles. The van der Waals surface area contributed by atoms with Crippen molar-refractivity contribution >= 4 is 21.8 Å². The Morgan fingerprint density at radius 3 is 2.94 bits per heavy atom. The fraction of sp³-hybridized carbons (Fsp3) is 0.417. The first-order valence-electron chi connectivity index (χ1n) is 5.40. The third kappa shape index (κ3) is 2.13. The summed E-state index contributed by atoms with van der Waals surface area (Å²) in [4.78, 5) is 14.0. The Balaban J connectivity index is 2.22. The molecule has 0 saturated carbocycles. The molecule has 0 bridgehead atoms. The summed E-state index contributed by atoms with van der Waals surface area (Å²) in [5.74, 6) is 0.00373. The van der Waals surface area contributed by atoms with E-state index in [0.717, 1.165) is 23.9 Å². The number of rotatable bonds is 2. The molecule has 1 atom stereocenters. The first-order valence-corrected chi connectivity index (χ1v) is 6.19. The number of hydrogen-bond acceptors (Lipinski definition) is 2. The Bertz CT molecular complexity index is 394. The lowest BCUT2D eigenvalue weighted by Crippen LogP contribution is -2.37. The lowest BCUT2D eigenvalue weighted by Gasteiger charge is -2.23. The van der Waals surface area contributed by atoms with Crippen molar-refractivity contribution in [3.63, 3.8) is 0 Å². The molecular formula is C12H14BrNO2. The molecule has 1 amide bonds. The maximum atomic E-state index is 12.2. The van der Waals surface area contributed by atoms with Gasteiger partial charge < -0.3 is 10.0 Å². The zero-order valence-corrected chi connectivity index (χ0v) is 10.5. The van der Waals surface area contributed by atoms with Gasteiger partial charge in [-0.05, 0) is 40.9 Å². The minimum atomic E-state index is -0.0143. The molecule has 1 saturated heterocycles. The standard InChI is InChI=1S/C12H14BrNO2/c13-11-6-2-1-5-10(11)12(16)14-7-3-4-9(14)8-15/h1-2,5-6,9,15H,3-4,7-8H2/t9-/m1/s1. The molecule has 0 aromatic heterocycles. The van der Waals surface area contributed by atoms with Crippen LogP contribution in [0.5, 0.6) is 0 Å². The molecule has 1 aromatic rings. The zero-order chi connectivity index (χ0) is 11.5. The van der Waals surface area contributed by atoms with Crippen LogP contribution in [0.3, 0.4) is 0 Å². The summed E-state index contributed by atoms with van der Waals surface area (Å²) in [6.07, 6.45) is 1.87. The number of hydrogen-bond donors (Lipinski definition) is 1. The van der Waals surface area contributed by atoms with Gasteiger partial charge in [0.1, 0.15) is 0 Å². The summed E-state index contributed by atoms with van der Waals surface area (Å²) < 4.78 is 0.809. The summed E-state index contributed by atoms with van der Waals surface area (Å²) >= 11 is 3.38. The van der Waals surface area contributed by atoms with Gasteiger partial charge in [-0.3, -0.25) is 4.79 Å². The van der Waals surface area contributed by atoms with Gasteiger partial charge in [0.15, 0.2) is 0 Å². The SMILES string of the molecule is O=C(c1ccccc1Br)N1CCC[C@@H]1CO. The molecule has 0 unspecified atom stereocenters. The van der Waals surface area contributed by atoms with Gasteiger partial charge in [0.2, 0.25) is 0 Å². The lowest BCUT2D eigenvalue weighted by atomic mass is 10.2. The number of benzene rings is 1. The van der Waals surface area contributed by atoms with Crippen LogP contribution in [-0.2, 0) is 0 Å². The van der Waals surface area contributed by atoms with Gasteiger partial charge in [-0.15, -0.1) is 0 Å². The van der Waals surface area contributed by atoms with Crippen LogP contribution in [-0.4, -0.2) is 35.1 Å². The van der Waals surface area contributed by atoms with E-state index in [4.69, 9.17) is 0 Å². The van der Waals surface area contributed by atoms with Crippen LogP contribution in [0, 0.1) is 0 Å². The molecule has 1 heterocycles. The number of carbonyl (C=O) groups excluding carboxylic acids is 1. The van der Waals surface area contributed by atoms with Crippen molar-refractivity contribution in [1.82, 2.24) is 4.90 Å². The number of nitrogens with zero attached hydrogens (tertiary/aromatic N) is 1. The van der Waals surface area contributed by atoms with E-state index in [2.05, 4.69) is 15.9 Å². The van der Waals surface area contributed by atoms with Gasteiger partial charge in [-0.25, -0.2) is 0 Å². The quantitative estimate of drug-likeness (QED) is 0.903. The molecule has 16 heavy (non-hydrogen) atoms. The van der Waals surface area contributed by atoms with E-state index < -0.39 is 0 Å². The number of amides is 1. The minimum absolute atomic E-state index is 0.00373. The van der Waals surface area contributed by atoms with Crippen LogP contribution in [0.25, 0.3) is 0 Å². The predicted molar refractivity (Wildman–Crippen MR) is 65.3 cm³/mol. The normalized spacial score (nSPS) is 20.1. The minimum Gasteiger partial charge on any atom is -0.394 e. The number of aliphatic hydroxyl groups is 1. The van der Waals surface area contributed by atoms with Gasteiger partial charge >= 0.3 is 0 Å². The monoisotopic (exact) mass is 283 g/mol. The molecule has 1 aliphatic rings. The average molecular weight is 284 g/mol. The third-order valence-corrected chi connectivity index (χ3v) is 3.64. The molecule has 1 aromatic carbocycles. The molecule has 0 radical (unpaired) electrons. The Morgan fingerprint density at radius 1 is 1.50 bits per heavy atom. The van der Waals surface area contributed by atoms with Crippen molar-refractivity contribution in [2.75, 3.05) is 13.2 Å². The molecule has 2 rings (SSSR count). The highest BCUT2D eigenvalue weighted by Crippen LogP contribution is 2.23. The van der Waals surface area contributed by atoms with E-state index in [-0.39, 0.29) is 18.6 Å². The maximum absolute atomic E-state index is 12.2. The molecular weight excluding hydrogens is 270 g/mol. The highest BCUT2D eigenvalue weighted by Gasteiger charge is 2.29. The number of likely N-dealkylation sites (tertiary alicyclic amines) is 1. The van der Waals surface area contributed by atoms with Crippen LogP contribution >= 0.6 is 15.9 Å². The molecule has 1 N–H and O–H groups in total. The second-order valence-corrected chi connectivity index (χ2v) is 4.81. The van der Waals surface area contributed by atoms with Gasteiger partial charge in [-0.2, -0.15) is 0 Å². The van der Waals surface area contributed by atoms with Crippen molar-refractivity contribution in [3.8, 4) is 0 Å². The highest BCUT2D eigenvalue weighted by atomic mass is 79.9. The Morgan fingerprint density at radius 2 is 2.25 bits per heavy atom. The summed E-state index contributed by atoms with van der Waals surface area (Å²) in [5.41, 5.74) is 0.669. The summed E-state index contributed by atoms with van der Waals surface area (Å²) in [6, 6.07) is 7.38. The van der Waals surface area contributed by atoms with E-state index in [1.807, 2.05) is 18.2 Å². The summed E-state index contributed by atoms with van der Waals surface area (Å²) in [6.45, 7) is 0.793. The van der Waals surface area contributed by atoms with Crippen molar-refractivity contribution in [2.24, 2.45) is 0 Å². The number of carbonyl (C=O) groups is 1. The Labute approximate surface area is 103 Å². The molecule has 0 spiro atoms. The summed E-state index contributed by atoms with van der Waals surface area (Å²) in [5, 5.41) is 9.20.